The number of carbonyl (C=O) groups is 3. The van der Waals surface area contributed by atoms with E-state index >= 15 is 0 Å². The molecule has 0 fully saturated rings. The lowest BCUT2D eigenvalue weighted by Gasteiger charge is -2.35. The molecule has 2 aromatic rings. The molecule has 0 aliphatic heterocycles. The summed E-state index contributed by atoms with van der Waals surface area (Å²) in [5.41, 5.74) is 0.852. The molecular weight excluding hydrogens is 420 g/mol. The fraction of sp³-hybridized carbons (Fsp3) is 0.423. The molecule has 33 heavy (non-hydrogen) atoms. The Morgan fingerprint density at radius 2 is 1.48 bits per heavy atom. The molecule has 7 nitrogen and oxygen atoms in total. The normalized spacial score (nSPS) is 12.1. The van der Waals surface area contributed by atoms with Gasteiger partial charge in [-0.3, -0.25) is 9.59 Å². The van der Waals surface area contributed by atoms with E-state index in [-0.39, 0.29) is 30.7 Å². The summed E-state index contributed by atoms with van der Waals surface area (Å²) in [7, 11) is 1.23. The monoisotopic (exact) mass is 454 g/mol. The van der Waals surface area contributed by atoms with Crippen molar-refractivity contribution in [3.63, 3.8) is 0 Å². The number of nitrogens with one attached hydrogen (secondary N) is 1. The van der Waals surface area contributed by atoms with Crippen LogP contribution in [0.2, 0.25) is 0 Å². The molecule has 2 rings (SSSR count). The van der Waals surface area contributed by atoms with E-state index in [0.29, 0.717) is 6.54 Å². The summed E-state index contributed by atoms with van der Waals surface area (Å²) in [5.74, 6) is -0.578. The zero-order valence-electron chi connectivity index (χ0n) is 20.0. The molecule has 0 radical (unpaired) electrons. The van der Waals surface area contributed by atoms with Crippen LogP contribution < -0.4 is 5.32 Å². The minimum Gasteiger partial charge on any atom is -0.438 e. The Balaban J connectivity index is 2.24. The summed E-state index contributed by atoms with van der Waals surface area (Å²) in [6, 6.07) is 18.4. The molecule has 2 aromatic carbocycles. The maximum Gasteiger partial charge on any atom is 0.508 e. The molecule has 0 bridgehead atoms. The minimum atomic E-state index is -0.970. The molecule has 0 spiro atoms. The van der Waals surface area contributed by atoms with E-state index in [9.17, 15) is 14.4 Å². The summed E-state index contributed by atoms with van der Waals surface area (Å²) < 4.78 is 9.75. The van der Waals surface area contributed by atoms with Crippen LogP contribution in [0, 0.1) is 5.92 Å². The highest BCUT2D eigenvalue weighted by Crippen LogP contribution is 2.18. The first-order chi connectivity index (χ1) is 15.6. The quantitative estimate of drug-likeness (QED) is 0.549. The van der Waals surface area contributed by atoms with Gasteiger partial charge < -0.3 is 19.7 Å². The molecule has 0 saturated heterocycles. The molecule has 0 heterocycles. The van der Waals surface area contributed by atoms with Gasteiger partial charge in [0.25, 0.3) is 0 Å². The van der Waals surface area contributed by atoms with Gasteiger partial charge in [-0.15, -0.1) is 0 Å². The largest absolute Gasteiger partial charge is 0.508 e. The highest BCUT2D eigenvalue weighted by atomic mass is 16.7. The van der Waals surface area contributed by atoms with Gasteiger partial charge in [0.2, 0.25) is 11.8 Å². The SMILES string of the molecule is COC(=O)OC(C)(C)CNC(=O)C(C(C)C)N(Cc1ccccc1)C(=O)Cc1ccccc1. The fourth-order valence-electron chi connectivity index (χ4n) is 3.51. The summed E-state index contributed by atoms with van der Waals surface area (Å²) >= 11 is 0. The third kappa shape index (κ3) is 8.25. The van der Waals surface area contributed by atoms with Gasteiger partial charge in [-0.1, -0.05) is 74.5 Å². The molecule has 2 amide bonds. The summed E-state index contributed by atoms with van der Waals surface area (Å²) in [6.45, 7) is 7.57. The molecule has 1 atom stereocenters. The molecular formula is C26H34N2O5. The van der Waals surface area contributed by atoms with Crippen molar-refractivity contribution in [3.8, 4) is 0 Å². The number of methoxy groups -OCH3 is 1. The highest BCUT2D eigenvalue weighted by molar-refractivity contribution is 5.88. The van der Waals surface area contributed by atoms with Crippen molar-refractivity contribution < 1.29 is 23.9 Å². The van der Waals surface area contributed by atoms with E-state index in [1.165, 1.54) is 7.11 Å². The Morgan fingerprint density at radius 3 is 2.00 bits per heavy atom. The standard InChI is InChI=1S/C26H34N2O5/c1-19(2)23(24(30)27-18-26(3,4)33-25(31)32-5)28(17-21-14-10-7-11-15-21)22(29)16-20-12-8-6-9-13-20/h6-15,19,23H,16-18H2,1-5H3,(H,27,30). The number of ether oxygens (including phenoxy) is 2. The predicted octanol–water partition coefficient (Wildman–Crippen LogP) is 3.96. The first kappa shape index (κ1) is 25.9. The zero-order valence-corrected chi connectivity index (χ0v) is 20.0. The Labute approximate surface area is 196 Å². The number of hydrogen-bond acceptors (Lipinski definition) is 5. The van der Waals surface area contributed by atoms with Crippen molar-refractivity contribution in [2.75, 3.05) is 13.7 Å². The average Bonchev–Trinajstić information content (AvgIpc) is 2.78. The third-order valence-corrected chi connectivity index (χ3v) is 5.16. The summed E-state index contributed by atoms with van der Waals surface area (Å²) in [5, 5.41) is 2.85. The highest BCUT2D eigenvalue weighted by Gasteiger charge is 2.34. The van der Waals surface area contributed by atoms with Crippen LogP contribution in [0.1, 0.15) is 38.8 Å². The third-order valence-electron chi connectivity index (χ3n) is 5.16. The van der Waals surface area contributed by atoms with Gasteiger partial charge in [-0.05, 0) is 30.9 Å². The lowest BCUT2D eigenvalue weighted by Crippen LogP contribution is -2.54. The maximum absolute atomic E-state index is 13.4. The number of carbonyl (C=O) groups excluding carboxylic acids is 3. The minimum absolute atomic E-state index is 0.0796. The van der Waals surface area contributed by atoms with Crippen LogP contribution in [-0.2, 0) is 32.0 Å². The Hall–Kier alpha value is -3.35. The average molecular weight is 455 g/mol. The summed E-state index contributed by atoms with van der Waals surface area (Å²) in [4.78, 5) is 39.8. The smallest absolute Gasteiger partial charge is 0.438 e. The van der Waals surface area contributed by atoms with Gasteiger partial charge in [-0.25, -0.2) is 4.79 Å². The molecule has 0 aromatic heterocycles. The van der Waals surface area contributed by atoms with E-state index < -0.39 is 17.8 Å². The molecule has 178 valence electrons. The van der Waals surface area contributed by atoms with Gasteiger partial charge in [0, 0.05) is 6.54 Å². The predicted molar refractivity (Wildman–Crippen MR) is 126 cm³/mol. The van der Waals surface area contributed by atoms with E-state index in [4.69, 9.17) is 4.74 Å². The van der Waals surface area contributed by atoms with Gasteiger partial charge >= 0.3 is 6.16 Å². The van der Waals surface area contributed by atoms with Gasteiger partial charge in [0.05, 0.1) is 20.1 Å². The van der Waals surface area contributed by atoms with Gasteiger partial charge in [0.15, 0.2) is 0 Å². The second-order valence-electron chi connectivity index (χ2n) is 8.89. The Morgan fingerprint density at radius 1 is 0.939 bits per heavy atom. The van der Waals surface area contributed by atoms with Crippen LogP contribution in [0.15, 0.2) is 60.7 Å². The first-order valence-corrected chi connectivity index (χ1v) is 11.0. The van der Waals surface area contributed by atoms with Crippen LogP contribution in [-0.4, -0.2) is 48.2 Å². The topological polar surface area (TPSA) is 84.9 Å². The second-order valence-corrected chi connectivity index (χ2v) is 8.89. The van der Waals surface area contributed by atoms with Crippen molar-refractivity contribution in [2.45, 2.75) is 52.3 Å². The van der Waals surface area contributed by atoms with Crippen molar-refractivity contribution in [3.05, 3.63) is 71.8 Å². The lowest BCUT2D eigenvalue weighted by atomic mass is 9.98. The van der Waals surface area contributed by atoms with Crippen LogP contribution in [0.5, 0.6) is 0 Å². The first-order valence-electron chi connectivity index (χ1n) is 11.0. The van der Waals surface area contributed by atoms with E-state index in [0.717, 1.165) is 11.1 Å². The van der Waals surface area contributed by atoms with Crippen molar-refractivity contribution in [2.24, 2.45) is 5.92 Å². The van der Waals surface area contributed by atoms with E-state index in [1.807, 2.05) is 74.5 Å². The van der Waals surface area contributed by atoms with E-state index in [2.05, 4.69) is 10.1 Å². The van der Waals surface area contributed by atoms with Crippen LogP contribution in [0.25, 0.3) is 0 Å². The summed E-state index contributed by atoms with van der Waals surface area (Å²) in [6.07, 6.45) is -0.625. The number of benzene rings is 2. The number of nitrogens with zero attached hydrogens (tertiary/aromatic N) is 1. The second kappa shape index (κ2) is 12.0. The molecule has 0 saturated carbocycles. The van der Waals surface area contributed by atoms with Crippen molar-refractivity contribution >= 4 is 18.0 Å². The Bertz CT molecular complexity index is 913. The van der Waals surface area contributed by atoms with Gasteiger partial charge in [0.1, 0.15) is 11.6 Å². The molecule has 1 unspecified atom stereocenters. The molecule has 0 aliphatic rings. The lowest BCUT2D eigenvalue weighted by molar-refractivity contribution is -0.143. The Kier molecular flexibility index (Phi) is 9.45. The number of rotatable bonds is 10. The molecule has 1 N–H and O–H groups in total. The molecule has 7 heteroatoms. The van der Waals surface area contributed by atoms with E-state index in [1.54, 1.807) is 18.7 Å². The number of amides is 2. The fourth-order valence-corrected chi connectivity index (χ4v) is 3.51. The van der Waals surface area contributed by atoms with Crippen LogP contribution >= 0.6 is 0 Å². The van der Waals surface area contributed by atoms with Crippen LogP contribution in [0.3, 0.4) is 0 Å². The van der Waals surface area contributed by atoms with Crippen molar-refractivity contribution in [1.29, 1.82) is 0 Å². The maximum atomic E-state index is 13.4. The number of hydrogen-bond donors (Lipinski definition) is 1. The van der Waals surface area contributed by atoms with Crippen LogP contribution in [0.4, 0.5) is 4.79 Å². The van der Waals surface area contributed by atoms with Crippen molar-refractivity contribution in [1.82, 2.24) is 10.2 Å². The molecule has 0 aliphatic carbocycles. The van der Waals surface area contributed by atoms with Gasteiger partial charge in [-0.2, -0.15) is 0 Å². The zero-order chi connectivity index (χ0) is 24.4.